The van der Waals surface area contributed by atoms with Crippen molar-refractivity contribution in [1.82, 2.24) is 9.62 Å². The van der Waals surface area contributed by atoms with Crippen LogP contribution >= 0.6 is 0 Å². The Hall–Kier alpha value is -0.130. The average Bonchev–Trinajstić information content (AvgIpc) is 2.79. The van der Waals surface area contributed by atoms with Crippen LogP contribution in [0.15, 0.2) is 0 Å². The number of hydrogen-bond donors (Lipinski definition) is 1. The fourth-order valence-corrected chi connectivity index (χ4v) is 4.16. The second kappa shape index (κ2) is 7.46. The van der Waals surface area contributed by atoms with Crippen molar-refractivity contribution in [3.8, 4) is 0 Å². The summed E-state index contributed by atoms with van der Waals surface area (Å²) in [6.07, 6.45) is 3.89. The molecule has 1 aliphatic rings. The second-order valence-corrected chi connectivity index (χ2v) is 7.74. The van der Waals surface area contributed by atoms with Crippen molar-refractivity contribution in [3.63, 3.8) is 0 Å². The Morgan fingerprint density at radius 3 is 2.61 bits per heavy atom. The van der Waals surface area contributed by atoms with Gasteiger partial charge in [0, 0.05) is 19.1 Å². The van der Waals surface area contributed by atoms with Gasteiger partial charge in [0.2, 0.25) is 10.0 Å². The maximum absolute atomic E-state index is 12.3. The van der Waals surface area contributed by atoms with Crippen LogP contribution in [-0.4, -0.2) is 44.2 Å². The summed E-state index contributed by atoms with van der Waals surface area (Å²) in [5, 5.41) is 3.38. The molecule has 5 heteroatoms. The molecule has 1 fully saturated rings. The van der Waals surface area contributed by atoms with E-state index in [0.29, 0.717) is 25.0 Å². The molecule has 108 valence electrons. The molecule has 0 saturated carbocycles. The van der Waals surface area contributed by atoms with Crippen LogP contribution in [0.2, 0.25) is 0 Å². The monoisotopic (exact) mass is 276 g/mol. The topological polar surface area (TPSA) is 49.4 Å². The van der Waals surface area contributed by atoms with Crippen molar-refractivity contribution < 1.29 is 8.42 Å². The maximum atomic E-state index is 12.3. The minimum Gasteiger partial charge on any atom is -0.313 e. The van der Waals surface area contributed by atoms with Gasteiger partial charge >= 0.3 is 0 Å². The number of nitrogens with one attached hydrogen (secondary N) is 1. The molecule has 1 aliphatic heterocycles. The molecule has 1 unspecified atom stereocenters. The second-order valence-electron chi connectivity index (χ2n) is 5.65. The third-order valence-corrected chi connectivity index (χ3v) is 5.28. The van der Waals surface area contributed by atoms with Crippen molar-refractivity contribution in [2.24, 2.45) is 5.92 Å². The molecule has 0 aliphatic carbocycles. The molecule has 18 heavy (non-hydrogen) atoms. The third-order valence-electron chi connectivity index (χ3n) is 3.41. The number of nitrogens with zero attached hydrogens (tertiary/aromatic N) is 1. The van der Waals surface area contributed by atoms with E-state index in [9.17, 15) is 8.42 Å². The standard InChI is InChI=1S/C13H28N2O2S/c1-4-9-15(11-13-6-5-8-14-13)18(16,17)10-7-12(2)3/h12-14H,4-11H2,1-3H3. The van der Waals surface area contributed by atoms with Gasteiger partial charge in [-0.1, -0.05) is 20.8 Å². The van der Waals surface area contributed by atoms with Crippen LogP contribution in [0.5, 0.6) is 0 Å². The first-order chi connectivity index (χ1) is 8.45. The number of rotatable bonds is 8. The third kappa shape index (κ3) is 5.24. The molecule has 0 aromatic heterocycles. The number of sulfonamides is 1. The van der Waals surface area contributed by atoms with Crippen molar-refractivity contribution in [3.05, 3.63) is 0 Å². The average molecular weight is 276 g/mol. The summed E-state index contributed by atoms with van der Waals surface area (Å²) in [4.78, 5) is 0. The summed E-state index contributed by atoms with van der Waals surface area (Å²) in [6, 6.07) is 0.352. The highest BCUT2D eigenvalue weighted by Gasteiger charge is 2.25. The summed E-state index contributed by atoms with van der Waals surface area (Å²) < 4.78 is 26.3. The molecule has 0 aromatic rings. The van der Waals surface area contributed by atoms with E-state index in [2.05, 4.69) is 19.2 Å². The van der Waals surface area contributed by atoms with Gasteiger partial charge < -0.3 is 5.32 Å². The Labute approximate surface area is 112 Å². The van der Waals surface area contributed by atoms with E-state index in [-0.39, 0.29) is 5.75 Å². The van der Waals surface area contributed by atoms with Gasteiger partial charge in [-0.3, -0.25) is 0 Å². The van der Waals surface area contributed by atoms with Crippen molar-refractivity contribution in [2.75, 3.05) is 25.4 Å². The van der Waals surface area contributed by atoms with Crippen LogP contribution < -0.4 is 5.32 Å². The zero-order valence-electron chi connectivity index (χ0n) is 12.0. The zero-order valence-corrected chi connectivity index (χ0v) is 12.8. The highest BCUT2D eigenvalue weighted by atomic mass is 32.2. The molecule has 0 radical (unpaired) electrons. The van der Waals surface area contributed by atoms with Crippen LogP contribution in [-0.2, 0) is 10.0 Å². The molecule has 0 bridgehead atoms. The molecule has 0 amide bonds. The van der Waals surface area contributed by atoms with E-state index in [1.807, 2.05) is 6.92 Å². The SMILES string of the molecule is CCCN(CC1CCCN1)S(=O)(=O)CCC(C)C. The van der Waals surface area contributed by atoms with Crippen LogP contribution in [0.25, 0.3) is 0 Å². The van der Waals surface area contributed by atoms with Crippen LogP contribution in [0.4, 0.5) is 0 Å². The van der Waals surface area contributed by atoms with Gasteiger partial charge in [-0.15, -0.1) is 0 Å². The van der Waals surface area contributed by atoms with E-state index in [0.717, 1.165) is 32.2 Å². The lowest BCUT2D eigenvalue weighted by atomic mass is 10.2. The first-order valence-electron chi connectivity index (χ1n) is 7.17. The molecule has 1 saturated heterocycles. The lowest BCUT2D eigenvalue weighted by Crippen LogP contribution is -2.42. The van der Waals surface area contributed by atoms with Gasteiger partial charge in [-0.05, 0) is 38.1 Å². The fraction of sp³-hybridized carbons (Fsp3) is 1.00. The molecule has 0 aromatic carbocycles. The highest BCUT2D eigenvalue weighted by molar-refractivity contribution is 7.89. The first kappa shape index (κ1) is 15.9. The molecule has 4 nitrogen and oxygen atoms in total. The van der Waals surface area contributed by atoms with Crippen molar-refractivity contribution in [2.45, 2.75) is 52.5 Å². The summed E-state index contributed by atoms with van der Waals surface area (Å²) in [6.45, 7) is 8.49. The van der Waals surface area contributed by atoms with Crippen molar-refractivity contribution >= 4 is 10.0 Å². The number of hydrogen-bond acceptors (Lipinski definition) is 3. The largest absolute Gasteiger partial charge is 0.313 e. The van der Waals surface area contributed by atoms with Gasteiger partial charge in [-0.2, -0.15) is 0 Å². The Balaban J connectivity index is 2.57. The molecule has 1 N–H and O–H groups in total. The quantitative estimate of drug-likeness (QED) is 0.736. The Bertz CT molecular complexity index is 322. The van der Waals surface area contributed by atoms with Crippen LogP contribution in [0.1, 0.15) is 46.5 Å². The van der Waals surface area contributed by atoms with Gasteiger partial charge in [0.1, 0.15) is 0 Å². The minimum absolute atomic E-state index is 0.289. The van der Waals surface area contributed by atoms with Crippen LogP contribution in [0.3, 0.4) is 0 Å². The fourth-order valence-electron chi connectivity index (χ4n) is 2.27. The predicted octanol–water partition coefficient (Wildman–Crippen LogP) is 1.83. The van der Waals surface area contributed by atoms with E-state index in [1.165, 1.54) is 0 Å². The zero-order chi connectivity index (χ0) is 13.6. The highest BCUT2D eigenvalue weighted by Crippen LogP contribution is 2.13. The van der Waals surface area contributed by atoms with E-state index in [1.54, 1.807) is 4.31 Å². The van der Waals surface area contributed by atoms with Gasteiger partial charge in [0.15, 0.2) is 0 Å². The van der Waals surface area contributed by atoms with E-state index >= 15 is 0 Å². The summed E-state index contributed by atoms with van der Waals surface area (Å²) >= 11 is 0. The molecular formula is C13H28N2O2S. The Kier molecular flexibility index (Phi) is 6.60. The molecule has 1 heterocycles. The molecule has 0 spiro atoms. The summed E-state index contributed by atoms with van der Waals surface area (Å²) in [5.41, 5.74) is 0. The smallest absolute Gasteiger partial charge is 0.214 e. The molecule has 1 rings (SSSR count). The molecule has 1 atom stereocenters. The normalized spacial score (nSPS) is 21.1. The summed E-state index contributed by atoms with van der Waals surface area (Å²) in [5.74, 6) is 0.727. The lowest BCUT2D eigenvalue weighted by molar-refractivity contribution is 0.368. The minimum atomic E-state index is -3.07. The lowest BCUT2D eigenvalue weighted by Gasteiger charge is -2.25. The predicted molar refractivity (Wildman–Crippen MR) is 76.1 cm³/mol. The van der Waals surface area contributed by atoms with Crippen LogP contribution in [0, 0.1) is 5.92 Å². The van der Waals surface area contributed by atoms with E-state index < -0.39 is 10.0 Å². The van der Waals surface area contributed by atoms with Crippen molar-refractivity contribution in [1.29, 1.82) is 0 Å². The van der Waals surface area contributed by atoms with E-state index in [4.69, 9.17) is 0 Å². The maximum Gasteiger partial charge on any atom is 0.214 e. The Morgan fingerprint density at radius 2 is 2.11 bits per heavy atom. The van der Waals surface area contributed by atoms with Gasteiger partial charge in [0.05, 0.1) is 5.75 Å². The summed E-state index contributed by atoms with van der Waals surface area (Å²) in [7, 11) is -3.07. The van der Waals surface area contributed by atoms with Gasteiger partial charge in [0.25, 0.3) is 0 Å². The van der Waals surface area contributed by atoms with Gasteiger partial charge in [-0.25, -0.2) is 12.7 Å². The first-order valence-corrected chi connectivity index (χ1v) is 8.77. The Morgan fingerprint density at radius 1 is 1.39 bits per heavy atom. The molecular weight excluding hydrogens is 248 g/mol.